The second kappa shape index (κ2) is 6.07. The van der Waals surface area contributed by atoms with E-state index in [1.807, 2.05) is 30.6 Å². The van der Waals surface area contributed by atoms with E-state index in [0.717, 1.165) is 24.3 Å². The Morgan fingerprint density at radius 2 is 2.28 bits per heavy atom. The number of halogens is 1. The fourth-order valence-corrected chi connectivity index (χ4v) is 2.70. The molecule has 0 spiro atoms. The lowest BCUT2D eigenvalue weighted by atomic mass is 10.2. The van der Waals surface area contributed by atoms with Crippen molar-refractivity contribution in [2.75, 3.05) is 19.0 Å². The fraction of sp³-hybridized carbons (Fsp3) is 0.308. The van der Waals surface area contributed by atoms with Crippen LogP contribution in [0.25, 0.3) is 0 Å². The van der Waals surface area contributed by atoms with Crippen molar-refractivity contribution in [2.24, 2.45) is 0 Å². The molecule has 2 rings (SSSR count). The van der Waals surface area contributed by atoms with Crippen LogP contribution in [0.15, 0.2) is 23.7 Å². The summed E-state index contributed by atoms with van der Waals surface area (Å²) in [6.07, 6.45) is 0.972. The number of benzene rings is 1. The van der Waals surface area contributed by atoms with Gasteiger partial charge in [-0.25, -0.2) is 4.98 Å². The molecule has 0 atom stereocenters. The number of ether oxygens (including phenoxy) is 1. The highest BCUT2D eigenvalue weighted by molar-refractivity contribution is 7.09. The third kappa shape index (κ3) is 3.15. The molecule has 18 heavy (non-hydrogen) atoms. The molecule has 0 amide bonds. The van der Waals surface area contributed by atoms with Crippen molar-refractivity contribution in [3.63, 3.8) is 0 Å². The summed E-state index contributed by atoms with van der Waals surface area (Å²) in [5, 5.41) is 3.96. The third-order valence-electron chi connectivity index (χ3n) is 2.68. The minimum atomic E-state index is 0.622. The zero-order valence-corrected chi connectivity index (χ0v) is 11.9. The zero-order chi connectivity index (χ0) is 13.0. The van der Waals surface area contributed by atoms with Gasteiger partial charge >= 0.3 is 0 Å². The summed E-state index contributed by atoms with van der Waals surface area (Å²) in [5.41, 5.74) is 4.01. The standard InChI is InChI=1S/C13H15ClN2OS/c1-9-13(18-8-16-9)5-6-15-10-3-4-12(17-2)11(14)7-10/h3-4,7-8,15H,5-6H2,1-2H3. The van der Waals surface area contributed by atoms with Gasteiger partial charge in [-0.05, 0) is 25.1 Å². The molecule has 0 aliphatic rings. The van der Waals surface area contributed by atoms with Crippen molar-refractivity contribution in [1.82, 2.24) is 4.98 Å². The number of hydrogen-bond acceptors (Lipinski definition) is 4. The second-order valence-electron chi connectivity index (χ2n) is 3.89. The van der Waals surface area contributed by atoms with E-state index in [2.05, 4.69) is 10.3 Å². The molecule has 0 aliphatic carbocycles. The van der Waals surface area contributed by atoms with Gasteiger partial charge in [0.15, 0.2) is 0 Å². The first-order chi connectivity index (χ1) is 8.70. The van der Waals surface area contributed by atoms with Gasteiger partial charge in [0.05, 0.1) is 23.3 Å². The van der Waals surface area contributed by atoms with Gasteiger partial charge in [-0.3, -0.25) is 0 Å². The van der Waals surface area contributed by atoms with E-state index in [4.69, 9.17) is 16.3 Å². The van der Waals surface area contributed by atoms with Gasteiger partial charge in [-0.15, -0.1) is 11.3 Å². The van der Waals surface area contributed by atoms with Gasteiger partial charge in [-0.1, -0.05) is 11.6 Å². The molecule has 1 aromatic heterocycles. The van der Waals surface area contributed by atoms with Crippen molar-refractivity contribution in [3.8, 4) is 5.75 Å². The number of hydrogen-bond donors (Lipinski definition) is 1. The fourth-order valence-electron chi connectivity index (χ4n) is 1.66. The second-order valence-corrected chi connectivity index (χ2v) is 5.23. The minimum absolute atomic E-state index is 0.622. The molecule has 1 N–H and O–H groups in total. The average molecular weight is 283 g/mol. The van der Waals surface area contributed by atoms with Crippen LogP contribution in [0, 0.1) is 6.92 Å². The Hall–Kier alpha value is -1.26. The first kappa shape index (κ1) is 13.2. The first-order valence-corrected chi connectivity index (χ1v) is 6.93. The average Bonchev–Trinajstić information content (AvgIpc) is 2.75. The van der Waals surface area contributed by atoms with Crippen molar-refractivity contribution in [3.05, 3.63) is 39.3 Å². The van der Waals surface area contributed by atoms with Crippen molar-refractivity contribution in [1.29, 1.82) is 0 Å². The molecular formula is C13H15ClN2OS. The van der Waals surface area contributed by atoms with Crippen LogP contribution >= 0.6 is 22.9 Å². The molecule has 1 aromatic carbocycles. The summed E-state index contributed by atoms with van der Waals surface area (Å²) in [5.74, 6) is 0.695. The Kier molecular flexibility index (Phi) is 4.44. The Balaban J connectivity index is 1.91. The number of nitrogens with zero attached hydrogens (tertiary/aromatic N) is 1. The van der Waals surface area contributed by atoms with Gasteiger partial charge in [0.25, 0.3) is 0 Å². The minimum Gasteiger partial charge on any atom is -0.495 e. The molecule has 0 bridgehead atoms. The lowest BCUT2D eigenvalue weighted by molar-refractivity contribution is 0.415. The van der Waals surface area contributed by atoms with E-state index in [1.54, 1.807) is 18.4 Å². The van der Waals surface area contributed by atoms with E-state index >= 15 is 0 Å². The molecular weight excluding hydrogens is 268 g/mol. The number of aryl methyl sites for hydroxylation is 1. The van der Waals surface area contributed by atoms with Crippen molar-refractivity contribution < 1.29 is 4.74 Å². The molecule has 0 saturated heterocycles. The molecule has 5 heteroatoms. The summed E-state index contributed by atoms with van der Waals surface area (Å²) in [6, 6.07) is 5.70. The van der Waals surface area contributed by atoms with Gasteiger partial charge in [0.2, 0.25) is 0 Å². The van der Waals surface area contributed by atoms with Crippen LogP contribution in [-0.4, -0.2) is 18.6 Å². The highest BCUT2D eigenvalue weighted by Crippen LogP contribution is 2.27. The van der Waals surface area contributed by atoms with E-state index in [0.29, 0.717) is 10.8 Å². The molecule has 2 aromatic rings. The molecule has 0 saturated carbocycles. The number of nitrogens with one attached hydrogen (secondary N) is 1. The summed E-state index contributed by atoms with van der Waals surface area (Å²) in [4.78, 5) is 5.55. The molecule has 3 nitrogen and oxygen atoms in total. The maximum Gasteiger partial charge on any atom is 0.137 e. The predicted octanol–water partition coefficient (Wildman–Crippen LogP) is 3.77. The van der Waals surface area contributed by atoms with E-state index < -0.39 is 0 Å². The molecule has 0 aliphatic heterocycles. The lowest BCUT2D eigenvalue weighted by Gasteiger charge is -2.08. The maximum atomic E-state index is 6.06. The van der Waals surface area contributed by atoms with Crippen LogP contribution < -0.4 is 10.1 Å². The molecule has 0 fully saturated rings. The highest BCUT2D eigenvalue weighted by atomic mass is 35.5. The van der Waals surface area contributed by atoms with E-state index in [1.165, 1.54) is 4.88 Å². The van der Waals surface area contributed by atoms with Crippen LogP contribution in [0.5, 0.6) is 5.75 Å². The number of thiazole rings is 1. The van der Waals surface area contributed by atoms with Crippen LogP contribution in [0.3, 0.4) is 0 Å². The Labute approximate surface area is 116 Å². The number of anilines is 1. The van der Waals surface area contributed by atoms with E-state index in [-0.39, 0.29) is 0 Å². The Morgan fingerprint density at radius 1 is 1.44 bits per heavy atom. The van der Waals surface area contributed by atoms with Crippen molar-refractivity contribution >= 4 is 28.6 Å². The lowest BCUT2D eigenvalue weighted by Crippen LogP contribution is -2.04. The van der Waals surface area contributed by atoms with E-state index in [9.17, 15) is 0 Å². The third-order valence-corrected chi connectivity index (χ3v) is 3.97. The topological polar surface area (TPSA) is 34.1 Å². The number of rotatable bonds is 5. The normalized spacial score (nSPS) is 10.4. The monoisotopic (exact) mass is 282 g/mol. The quantitative estimate of drug-likeness (QED) is 0.906. The maximum absolute atomic E-state index is 6.06. The summed E-state index contributed by atoms with van der Waals surface area (Å²) >= 11 is 7.76. The SMILES string of the molecule is COc1ccc(NCCc2scnc2C)cc1Cl. The van der Waals surface area contributed by atoms with Crippen molar-refractivity contribution in [2.45, 2.75) is 13.3 Å². The van der Waals surface area contributed by atoms with Gasteiger partial charge < -0.3 is 10.1 Å². The zero-order valence-electron chi connectivity index (χ0n) is 10.4. The summed E-state index contributed by atoms with van der Waals surface area (Å²) in [6.45, 7) is 2.90. The van der Waals surface area contributed by atoms with Crippen LogP contribution in [-0.2, 0) is 6.42 Å². The van der Waals surface area contributed by atoms with Gasteiger partial charge in [-0.2, -0.15) is 0 Å². The summed E-state index contributed by atoms with van der Waals surface area (Å²) < 4.78 is 5.11. The number of methoxy groups -OCH3 is 1. The smallest absolute Gasteiger partial charge is 0.137 e. The summed E-state index contributed by atoms with van der Waals surface area (Å²) in [7, 11) is 1.61. The number of aromatic nitrogens is 1. The first-order valence-electron chi connectivity index (χ1n) is 5.67. The largest absolute Gasteiger partial charge is 0.495 e. The Bertz CT molecular complexity index is 527. The highest BCUT2D eigenvalue weighted by Gasteiger charge is 2.03. The van der Waals surface area contributed by atoms with Crippen LogP contribution in [0.4, 0.5) is 5.69 Å². The molecule has 0 unspecified atom stereocenters. The predicted molar refractivity (Wildman–Crippen MR) is 77.0 cm³/mol. The van der Waals surface area contributed by atoms with Gasteiger partial charge in [0, 0.05) is 23.5 Å². The molecule has 0 radical (unpaired) electrons. The van der Waals surface area contributed by atoms with Crippen LogP contribution in [0.1, 0.15) is 10.6 Å². The van der Waals surface area contributed by atoms with Gasteiger partial charge in [0.1, 0.15) is 5.75 Å². The molecule has 1 heterocycles. The Morgan fingerprint density at radius 3 is 2.89 bits per heavy atom. The van der Waals surface area contributed by atoms with Crippen LogP contribution in [0.2, 0.25) is 5.02 Å². The molecule has 96 valence electrons.